The van der Waals surface area contributed by atoms with Crippen molar-refractivity contribution in [2.24, 2.45) is 0 Å². The van der Waals surface area contributed by atoms with E-state index in [-0.39, 0.29) is 5.41 Å². The summed E-state index contributed by atoms with van der Waals surface area (Å²) in [4.78, 5) is 0. The lowest BCUT2D eigenvalue weighted by Crippen LogP contribution is -2.11. The fourth-order valence-corrected chi connectivity index (χ4v) is 3.78. The Hall–Kier alpha value is 0.910. The maximum atomic E-state index is 3.52. The van der Waals surface area contributed by atoms with Crippen LogP contribution >= 0.6 is 49.9 Å². The molecule has 0 spiro atoms. The third-order valence-electron chi connectivity index (χ3n) is 1.50. The van der Waals surface area contributed by atoms with Crippen molar-refractivity contribution >= 4 is 49.9 Å². The first-order valence-electron chi connectivity index (χ1n) is 3.36. The normalized spacial score (nSPS) is 12.1. The van der Waals surface area contributed by atoms with Gasteiger partial charge in [0.15, 0.2) is 0 Å². The second kappa shape index (κ2) is 3.34. The van der Waals surface area contributed by atoms with Crippen molar-refractivity contribution in [3.63, 3.8) is 0 Å². The van der Waals surface area contributed by atoms with E-state index in [0.717, 1.165) is 0 Å². The minimum atomic E-state index is 0.277. The molecule has 1 aromatic heterocycles. The zero-order valence-electron chi connectivity index (χ0n) is 6.74. The third kappa shape index (κ3) is 2.18. The Kier molecular flexibility index (Phi) is 3.03. The maximum Gasteiger partial charge on any atom is 0.0834 e. The molecule has 0 aliphatic heterocycles. The van der Waals surface area contributed by atoms with Crippen LogP contribution in [0.2, 0.25) is 0 Å². The highest BCUT2D eigenvalue weighted by molar-refractivity contribution is 14.1. The summed E-state index contributed by atoms with van der Waals surface area (Å²) in [5.74, 6) is 0. The largest absolute Gasteiger partial charge is 0.135 e. The van der Waals surface area contributed by atoms with Gasteiger partial charge in [-0.15, -0.1) is 11.3 Å². The summed E-state index contributed by atoms with van der Waals surface area (Å²) >= 11 is 7.68. The Morgan fingerprint density at radius 2 is 2.00 bits per heavy atom. The molecule has 0 saturated heterocycles. The van der Waals surface area contributed by atoms with E-state index in [2.05, 4.69) is 64.7 Å². The lowest BCUT2D eigenvalue weighted by molar-refractivity contribution is 0.589. The van der Waals surface area contributed by atoms with Crippen LogP contribution in [-0.4, -0.2) is 0 Å². The van der Waals surface area contributed by atoms with Crippen LogP contribution in [0.5, 0.6) is 0 Å². The monoisotopic (exact) mass is 344 g/mol. The number of thiophene rings is 1. The van der Waals surface area contributed by atoms with E-state index in [4.69, 9.17) is 0 Å². The standard InChI is InChI=1S/C8H10BrIS/c1-8(2,3)5-4-11-7(9)6(5)10/h4H,1-3H3. The van der Waals surface area contributed by atoms with E-state index in [1.165, 1.54) is 12.9 Å². The summed E-state index contributed by atoms with van der Waals surface area (Å²) in [6, 6.07) is 0. The summed E-state index contributed by atoms with van der Waals surface area (Å²) in [5, 5.41) is 2.23. The van der Waals surface area contributed by atoms with Crippen LogP contribution in [0.3, 0.4) is 0 Å². The summed E-state index contributed by atoms with van der Waals surface area (Å²) in [6.45, 7) is 6.72. The molecule has 0 amide bonds. The Balaban J connectivity index is 3.15. The number of hydrogen-bond acceptors (Lipinski definition) is 1. The van der Waals surface area contributed by atoms with Crippen LogP contribution in [0.25, 0.3) is 0 Å². The van der Waals surface area contributed by atoms with Crippen LogP contribution in [-0.2, 0) is 5.41 Å². The molecule has 62 valence electrons. The predicted octanol–water partition coefficient (Wildman–Crippen LogP) is 4.41. The quantitative estimate of drug-likeness (QED) is 0.611. The SMILES string of the molecule is CC(C)(C)c1csc(Br)c1I. The molecule has 0 aliphatic carbocycles. The molecule has 1 heterocycles. The molecule has 0 unspecified atom stereocenters. The Labute approximate surface area is 93.7 Å². The van der Waals surface area contributed by atoms with Gasteiger partial charge in [0, 0.05) is 3.57 Å². The first kappa shape index (κ1) is 9.99. The van der Waals surface area contributed by atoms with Gasteiger partial charge in [-0.1, -0.05) is 20.8 Å². The first-order chi connectivity index (χ1) is 4.93. The van der Waals surface area contributed by atoms with Gasteiger partial charge in [-0.25, -0.2) is 0 Å². The molecular weight excluding hydrogens is 335 g/mol. The molecular formula is C8H10BrIS. The Morgan fingerprint density at radius 1 is 1.45 bits per heavy atom. The highest BCUT2D eigenvalue weighted by atomic mass is 127. The molecule has 1 rings (SSSR count). The predicted molar refractivity (Wildman–Crippen MR) is 63.4 cm³/mol. The summed E-state index contributed by atoms with van der Waals surface area (Å²) in [7, 11) is 0. The van der Waals surface area contributed by atoms with Crippen LogP contribution in [0.15, 0.2) is 9.17 Å². The van der Waals surface area contributed by atoms with Crippen molar-refractivity contribution in [1.29, 1.82) is 0 Å². The van der Waals surface area contributed by atoms with E-state index in [1.807, 2.05) is 0 Å². The molecule has 0 nitrogen and oxygen atoms in total. The summed E-state index contributed by atoms with van der Waals surface area (Å²) in [5.41, 5.74) is 1.72. The van der Waals surface area contributed by atoms with Crippen molar-refractivity contribution in [2.45, 2.75) is 26.2 Å². The molecule has 0 N–H and O–H groups in total. The summed E-state index contributed by atoms with van der Waals surface area (Å²) in [6.07, 6.45) is 0. The van der Waals surface area contributed by atoms with E-state index >= 15 is 0 Å². The molecule has 1 aromatic rings. The van der Waals surface area contributed by atoms with Crippen molar-refractivity contribution in [3.8, 4) is 0 Å². The second-order valence-corrected chi connectivity index (χ2v) is 6.76. The maximum absolute atomic E-state index is 3.52. The van der Waals surface area contributed by atoms with E-state index in [0.29, 0.717) is 0 Å². The van der Waals surface area contributed by atoms with Gasteiger partial charge in [0.2, 0.25) is 0 Å². The first-order valence-corrected chi connectivity index (χ1v) is 6.11. The molecule has 0 bridgehead atoms. The van der Waals surface area contributed by atoms with Crippen molar-refractivity contribution < 1.29 is 0 Å². The fraction of sp³-hybridized carbons (Fsp3) is 0.500. The van der Waals surface area contributed by atoms with Crippen LogP contribution in [0.4, 0.5) is 0 Å². The van der Waals surface area contributed by atoms with E-state index in [9.17, 15) is 0 Å². The Bertz CT molecular complexity index is 260. The molecule has 0 fully saturated rings. The van der Waals surface area contributed by atoms with E-state index in [1.54, 1.807) is 11.3 Å². The van der Waals surface area contributed by atoms with Gasteiger partial charge in [0.05, 0.1) is 3.79 Å². The van der Waals surface area contributed by atoms with Gasteiger partial charge in [-0.05, 0) is 54.9 Å². The molecule has 11 heavy (non-hydrogen) atoms. The van der Waals surface area contributed by atoms with Crippen molar-refractivity contribution in [2.75, 3.05) is 0 Å². The zero-order chi connectivity index (χ0) is 8.65. The minimum absolute atomic E-state index is 0.277. The third-order valence-corrected chi connectivity index (χ3v) is 5.45. The molecule has 0 saturated carbocycles. The number of rotatable bonds is 0. The van der Waals surface area contributed by atoms with Crippen LogP contribution in [0.1, 0.15) is 26.3 Å². The van der Waals surface area contributed by atoms with Gasteiger partial charge in [-0.3, -0.25) is 0 Å². The van der Waals surface area contributed by atoms with Gasteiger partial charge < -0.3 is 0 Å². The molecule has 0 atom stereocenters. The Morgan fingerprint density at radius 3 is 2.18 bits per heavy atom. The van der Waals surface area contributed by atoms with Gasteiger partial charge in [0.1, 0.15) is 0 Å². The van der Waals surface area contributed by atoms with Gasteiger partial charge in [-0.2, -0.15) is 0 Å². The smallest absolute Gasteiger partial charge is 0.0834 e. The zero-order valence-corrected chi connectivity index (χ0v) is 11.3. The highest BCUT2D eigenvalue weighted by Crippen LogP contribution is 2.36. The summed E-state index contributed by atoms with van der Waals surface area (Å²) < 4.78 is 2.61. The van der Waals surface area contributed by atoms with Gasteiger partial charge >= 0.3 is 0 Å². The van der Waals surface area contributed by atoms with Crippen LogP contribution < -0.4 is 0 Å². The lowest BCUT2D eigenvalue weighted by atomic mass is 9.90. The van der Waals surface area contributed by atoms with E-state index < -0.39 is 0 Å². The van der Waals surface area contributed by atoms with Crippen LogP contribution in [0, 0.1) is 3.57 Å². The average Bonchev–Trinajstić information content (AvgIpc) is 2.11. The van der Waals surface area contributed by atoms with Gasteiger partial charge in [0.25, 0.3) is 0 Å². The number of halogens is 2. The topological polar surface area (TPSA) is 0 Å². The minimum Gasteiger partial charge on any atom is -0.135 e. The fourth-order valence-electron chi connectivity index (χ4n) is 0.826. The molecule has 0 aliphatic rings. The molecule has 3 heteroatoms. The highest BCUT2D eigenvalue weighted by Gasteiger charge is 2.19. The van der Waals surface area contributed by atoms with Crippen molar-refractivity contribution in [3.05, 3.63) is 18.3 Å². The second-order valence-electron chi connectivity index (χ2n) is 3.49. The molecule has 0 aromatic carbocycles. The molecule has 0 radical (unpaired) electrons. The number of hydrogen-bond donors (Lipinski definition) is 0. The van der Waals surface area contributed by atoms with Crippen molar-refractivity contribution in [1.82, 2.24) is 0 Å². The average molecular weight is 345 g/mol. The lowest BCUT2D eigenvalue weighted by Gasteiger charge is -2.17.